The minimum absolute atomic E-state index is 0.0174. The topological polar surface area (TPSA) is 144 Å². The predicted octanol–water partition coefficient (Wildman–Crippen LogP) is 6.28. The van der Waals surface area contributed by atoms with E-state index in [4.69, 9.17) is 14.2 Å². The number of hydrazine groups is 1. The van der Waals surface area contributed by atoms with E-state index in [9.17, 15) is 24.0 Å². The first kappa shape index (κ1) is 39.8. The fourth-order valence-electron chi connectivity index (χ4n) is 6.91. The van der Waals surface area contributed by atoms with Crippen molar-refractivity contribution in [3.05, 3.63) is 101 Å². The van der Waals surface area contributed by atoms with E-state index in [1.165, 1.54) is 29.6 Å². The number of hydrogen-bond donors (Lipinski definition) is 2. The van der Waals surface area contributed by atoms with Crippen LogP contribution in [0.4, 0.5) is 4.79 Å². The molecule has 1 saturated carbocycles. The van der Waals surface area contributed by atoms with Gasteiger partial charge in [-0.05, 0) is 106 Å². The summed E-state index contributed by atoms with van der Waals surface area (Å²) in [5.41, 5.74) is 6.39. The maximum absolute atomic E-state index is 14.4. The van der Waals surface area contributed by atoms with Crippen molar-refractivity contribution in [2.24, 2.45) is 11.8 Å². The quantitative estimate of drug-likeness (QED) is 0.173. The Labute approximate surface area is 317 Å². The van der Waals surface area contributed by atoms with E-state index in [2.05, 4.69) is 22.9 Å². The van der Waals surface area contributed by atoms with E-state index in [1.54, 1.807) is 76.2 Å². The van der Waals surface area contributed by atoms with Crippen LogP contribution in [0.3, 0.4) is 0 Å². The molecular weight excluding hydrogens is 688 g/mol. The summed E-state index contributed by atoms with van der Waals surface area (Å²) < 4.78 is 16.2. The second-order valence-electron chi connectivity index (χ2n) is 15.1. The molecule has 0 heterocycles. The number of ether oxygens (including phenoxy) is 3. The Kier molecular flexibility index (Phi) is 13.0. The van der Waals surface area contributed by atoms with Crippen LogP contribution in [0, 0.1) is 11.8 Å². The highest BCUT2D eigenvalue weighted by Crippen LogP contribution is 2.36. The molecule has 1 fully saturated rings. The van der Waals surface area contributed by atoms with Gasteiger partial charge in [0.05, 0.1) is 31.2 Å². The monoisotopic (exact) mass is 740 g/mol. The number of benzene rings is 3. The Morgan fingerprint density at radius 1 is 0.852 bits per heavy atom. The highest BCUT2D eigenvalue weighted by molar-refractivity contribution is 5.91. The van der Waals surface area contributed by atoms with Crippen molar-refractivity contribution >= 4 is 29.8 Å². The normalized spacial score (nSPS) is 18.4. The molecule has 0 aromatic heterocycles. The van der Waals surface area contributed by atoms with Gasteiger partial charge in [-0.2, -0.15) is 0 Å². The second kappa shape index (κ2) is 17.6. The number of aryl methyl sites for hydroxylation is 1. The van der Waals surface area contributed by atoms with E-state index in [0.29, 0.717) is 36.1 Å². The number of esters is 1. The van der Waals surface area contributed by atoms with Crippen LogP contribution in [0.2, 0.25) is 0 Å². The highest BCUT2D eigenvalue weighted by atomic mass is 16.6. The van der Waals surface area contributed by atoms with Crippen LogP contribution >= 0.6 is 0 Å². The van der Waals surface area contributed by atoms with E-state index in [-0.39, 0.29) is 31.0 Å². The molecule has 2 N–H and O–H groups in total. The number of nitrogens with one attached hydrogen (secondary N) is 2. The third kappa shape index (κ3) is 10.2. The van der Waals surface area contributed by atoms with E-state index in [1.807, 2.05) is 12.1 Å². The lowest BCUT2D eigenvalue weighted by Crippen LogP contribution is -2.55. The fourth-order valence-corrected chi connectivity index (χ4v) is 6.91. The summed E-state index contributed by atoms with van der Waals surface area (Å²) in [4.78, 5) is 67.6. The molecule has 0 spiro atoms. The smallest absolute Gasteiger partial charge is 0.410 e. The molecule has 5 rings (SSSR count). The number of carbonyl (C=O) groups is 5. The van der Waals surface area contributed by atoms with Gasteiger partial charge in [-0.25, -0.2) is 14.6 Å². The van der Waals surface area contributed by atoms with Gasteiger partial charge >= 0.3 is 12.1 Å². The van der Waals surface area contributed by atoms with Crippen LogP contribution in [0.15, 0.2) is 72.8 Å². The molecule has 2 aliphatic carbocycles. The Hall–Kier alpha value is -5.39. The van der Waals surface area contributed by atoms with Crippen molar-refractivity contribution < 1.29 is 38.2 Å². The van der Waals surface area contributed by atoms with Crippen molar-refractivity contribution in [3.8, 4) is 5.75 Å². The van der Waals surface area contributed by atoms with Crippen LogP contribution in [-0.2, 0) is 43.4 Å². The summed E-state index contributed by atoms with van der Waals surface area (Å²) in [6.07, 6.45) is 3.88. The van der Waals surface area contributed by atoms with Crippen LogP contribution in [-0.4, -0.2) is 65.5 Å². The van der Waals surface area contributed by atoms with Crippen molar-refractivity contribution in [3.63, 3.8) is 0 Å². The largest absolute Gasteiger partial charge is 0.489 e. The first-order chi connectivity index (χ1) is 25.7. The lowest BCUT2D eigenvalue weighted by Gasteiger charge is -2.32. The first-order valence-corrected chi connectivity index (χ1v) is 18.6. The van der Waals surface area contributed by atoms with Crippen LogP contribution in [0.5, 0.6) is 5.75 Å². The average Bonchev–Trinajstić information content (AvgIpc) is 3.66. The standard InChI is InChI=1S/C42H52N4O8/c1-27(45(5)41(51)54-42(2,3)4)37(47)44-46(25-28-19-23-32(24-20-28)53-26-29-17-21-31(22-18-29)40(50)52-6)39(49)35-15-10-14-34(35)38(48)43-36-16-9-12-30-11-7-8-13-33(30)36/h7-8,11,13,17-24,27,34-36H,9-10,12,14-16,25-26H2,1-6H3,(H,43,48)(H,44,47)/t27-,34+,35?,36?/m0/s1. The van der Waals surface area contributed by atoms with Gasteiger partial charge in [0.1, 0.15) is 24.0 Å². The van der Waals surface area contributed by atoms with E-state index in [0.717, 1.165) is 30.4 Å². The zero-order chi connectivity index (χ0) is 39.0. The molecule has 12 nitrogen and oxygen atoms in total. The number of likely N-dealkylation sites (N-methyl/N-ethyl adjacent to an activating group) is 1. The molecule has 288 valence electrons. The number of methoxy groups -OCH3 is 1. The Morgan fingerprint density at radius 2 is 1.52 bits per heavy atom. The van der Waals surface area contributed by atoms with Crippen molar-refractivity contribution in [2.45, 2.75) is 97.1 Å². The molecule has 4 atom stereocenters. The summed E-state index contributed by atoms with van der Waals surface area (Å²) in [5, 5.41) is 4.52. The van der Waals surface area contributed by atoms with Crippen LogP contribution < -0.4 is 15.5 Å². The Bertz CT molecular complexity index is 1800. The third-order valence-electron chi connectivity index (χ3n) is 10.1. The van der Waals surface area contributed by atoms with Crippen molar-refractivity contribution in [1.82, 2.24) is 20.7 Å². The van der Waals surface area contributed by atoms with Gasteiger partial charge < -0.3 is 19.5 Å². The number of rotatable bonds is 11. The van der Waals surface area contributed by atoms with Crippen LogP contribution in [0.25, 0.3) is 0 Å². The maximum Gasteiger partial charge on any atom is 0.410 e. The maximum atomic E-state index is 14.4. The van der Waals surface area contributed by atoms with Gasteiger partial charge in [0, 0.05) is 13.0 Å². The molecule has 4 amide bonds. The zero-order valence-electron chi connectivity index (χ0n) is 32.1. The lowest BCUT2D eigenvalue weighted by atomic mass is 9.86. The Balaban J connectivity index is 1.30. The first-order valence-electron chi connectivity index (χ1n) is 18.6. The van der Waals surface area contributed by atoms with Gasteiger partial charge in [-0.3, -0.25) is 24.7 Å². The molecule has 12 heteroatoms. The van der Waals surface area contributed by atoms with Gasteiger partial charge in [0.15, 0.2) is 0 Å². The number of nitrogens with zero attached hydrogens (tertiary/aromatic N) is 2. The summed E-state index contributed by atoms with van der Waals surface area (Å²) in [5.74, 6) is -2.12. The minimum atomic E-state index is -0.971. The number of hydrogen-bond acceptors (Lipinski definition) is 8. The minimum Gasteiger partial charge on any atom is -0.489 e. The van der Waals surface area contributed by atoms with Gasteiger partial charge in [-0.1, -0.05) is 55.0 Å². The Morgan fingerprint density at radius 3 is 2.20 bits per heavy atom. The molecule has 54 heavy (non-hydrogen) atoms. The predicted molar refractivity (Wildman–Crippen MR) is 202 cm³/mol. The van der Waals surface area contributed by atoms with Gasteiger partial charge in [0.2, 0.25) is 11.8 Å². The summed E-state index contributed by atoms with van der Waals surface area (Å²) in [7, 11) is 2.80. The number of fused-ring (bicyclic) bond motifs is 1. The lowest BCUT2D eigenvalue weighted by molar-refractivity contribution is -0.149. The zero-order valence-corrected chi connectivity index (χ0v) is 32.1. The van der Waals surface area contributed by atoms with Gasteiger partial charge in [0.25, 0.3) is 5.91 Å². The molecule has 0 saturated heterocycles. The van der Waals surface area contributed by atoms with Crippen LogP contribution in [0.1, 0.15) is 98.5 Å². The average molecular weight is 741 g/mol. The molecular formula is C42H52N4O8. The molecule has 2 unspecified atom stereocenters. The number of amides is 4. The molecule has 2 aliphatic rings. The van der Waals surface area contributed by atoms with E-state index >= 15 is 0 Å². The summed E-state index contributed by atoms with van der Waals surface area (Å²) in [6.45, 7) is 7.07. The van der Waals surface area contributed by atoms with Crippen molar-refractivity contribution in [2.75, 3.05) is 14.2 Å². The molecule has 0 aliphatic heterocycles. The molecule has 0 bridgehead atoms. The SMILES string of the molecule is COC(=O)c1ccc(COc2ccc(CN(NC(=O)[C@H](C)N(C)C(=O)OC(C)(C)C)C(=O)C3CCC[C@H]3C(=O)NC3CCCc4ccccc43)cc2)cc1. The summed E-state index contributed by atoms with van der Waals surface area (Å²) >= 11 is 0. The molecule has 0 radical (unpaired) electrons. The fraction of sp³-hybridized carbons (Fsp3) is 0.452. The number of carbonyl (C=O) groups excluding carboxylic acids is 5. The van der Waals surface area contributed by atoms with Crippen molar-refractivity contribution in [1.29, 1.82) is 0 Å². The summed E-state index contributed by atoms with van der Waals surface area (Å²) in [6, 6.07) is 21.2. The third-order valence-corrected chi connectivity index (χ3v) is 10.1. The molecule has 3 aromatic carbocycles. The second-order valence-corrected chi connectivity index (χ2v) is 15.1. The highest BCUT2D eigenvalue weighted by Gasteiger charge is 2.41. The van der Waals surface area contributed by atoms with E-state index < -0.39 is 41.4 Å². The van der Waals surface area contributed by atoms with Gasteiger partial charge in [-0.15, -0.1) is 0 Å². The molecule has 3 aromatic rings.